The lowest BCUT2D eigenvalue weighted by Gasteiger charge is -2.20. The summed E-state index contributed by atoms with van der Waals surface area (Å²) in [6.07, 6.45) is 0.483. The zero-order valence-corrected chi connectivity index (χ0v) is 15.4. The number of phenols is 1. The average molecular weight is 364 g/mol. The molecule has 0 aromatic heterocycles. The molecule has 4 nitrogen and oxygen atoms in total. The van der Waals surface area contributed by atoms with Gasteiger partial charge in [0.2, 0.25) is 0 Å². The number of benzene rings is 2. The number of aliphatic carboxylic acids is 1. The second kappa shape index (κ2) is 8.50. The number of rotatable bonds is 8. The lowest BCUT2D eigenvalue weighted by molar-refractivity contribution is -0.142. The van der Waals surface area contributed by atoms with E-state index in [1.54, 1.807) is 6.07 Å². The van der Waals surface area contributed by atoms with Crippen LogP contribution in [0, 0.1) is 11.8 Å². The number of carboxylic acids is 1. The van der Waals surface area contributed by atoms with Crippen molar-refractivity contribution in [2.75, 3.05) is 5.75 Å². The van der Waals surface area contributed by atoms with Gasteiger partial charge in [0.25, 0.3) is 0 Å². The maximum atomic E-state index is 11.6. The van der Waals surface area contributed by atoms with E-state index < -0.39 is 17.5 Å². The highest BCUT2D eigenvalue weighted by atomic mass is 32.2. The highest BCUT2D eigenvalue weighted by Gasteiger charge is 2.30. The van der Waals surface area contributed by atoms with Crippen molar-refractivity contribution in [3.63, 3.8) is 0 Å². The Morgan fingerprint density at radius 1 is 1.21 bits per heavy atom. The van der Waals surface area contributed by atoms with Crippen LogP contribution in [0.2, 0.25) is 0 Å². The minimum atomic E-state index is -0.917. The van der Waals surface area contributed by atoms with Crippen LogP contribution < -0.4 is 0 Å². The summed E-state index contributed by atoms with van der Waals surface area (Å²) in [6, 6.07) is 11.2. The molecule has 0 saturated heterocycles. The van der Waals surface area contributed by atoms with Gasteiger partial charge in [0.1, 0.15) is 5.75 Å². The molecule has 2 aromatic rings. The van der Waals surface area contributed by atoms with Crippen molar-refractivity contribution in [2.24, 2.45) is 11.8 Å². The standard InChI is InChI=1S/C18H21O4PS/c1-11(2)9-14(18(20)21)16(23-22)10-24-17-13-6-4-3-5-12(13)7-8-15(17)19/h3-8,11,14,16,19H,9-10H2,1-2H3,(H,20,21). The Labute approximate surface area is 147 Å². The molecule has 0 amide bonds. The molecule has 2 rings (SSSR count). The number of thioether (sulfide) groups is 1. The molecule has 0 aliphatic heterocycles. The van der Waals surface area contributed by atoms with E-state index >= 15 is 0 Å². The molecule has 0 aliphatic rings. The lowest BCUT2D eigenvalue weighted by Crippen LogP contribution is -2.27. The van der Waals surface area contributed by atoms with Gasteiger partial charge >= 0.3 is 5.97 Å². The zero-order chi connectivity index (χ0) is 17.7. The average Bonchev–Trinajstić information content (AvgIpc) is 2.55. The molecule has 0 spiro atoms. The molecule has 0 aliphatic carbocycles. The van der Waals surface area contributed by atoms with E-state index in [1.165, 1.54) is 11.8 Å². The molecule has 2 atom stereocenters. The molecular formula is C18H21O4PS. The minimum Gasteiger partial charge on any atom is -0.507 e. The van der Waals surface area contributed by atoms with Crippen LogP contribution in [0.1, 0.15) is 20.3 Å². The van der Waals surface area contributed by atoms with E-state index in [0.717, 1.165) is 10.8 Å². The number of carbonyl (C=O) groups is 1. The Hall–Kier alpha value is -1.58. The molecule has 2 aromatic carbocycles. The van der Waals surface area contributed by atoms with Gasteiger partial charge in [-0.05, 0) is 29.2 Å². The van der Waals surface area contributed by atoms with Crippen molar-refractivity contribution in [2.45, 2.75) is 30.8 Å². The summed E-state index contributed by atoms with van der Waals surface area (Å²) < 4.78 is 11.6. The smallest absolute Gasteiger partial charge is 0.307 e. The predicted octanol–water partition coefficient (Wildman–Crippen LogP) is 5.04. The van der Waals surface area contributed by atoms with Crippen LogP contribution in [-0.4, -0.2) is 27.6 Å². The minimum absolute atomic E-state index is 0.163. The number of aromatic hydroxyl groups is 1. The van der Waals surface area contributed by atoms with Gasteiger partial charge in [0, 0.05) is 5.75 Å². The molecule has 0 radical (unpaired) electrons. The normalized spacial score (nSPS) is 14.1. The SMILES string of the molecule is CC(C)CC(C(=O)O)C(CSc1c(O)ccc2ccccc12)P=O. The first-order chi connectivity index (χ1) is 11.4. The summed E-state index contributed by atoms with van der Waals surface area (Å²) in [5.74, 6) is -0.827. The van der Waals surface area contributed by atoms with E-state index in [2.05, 4.69) is 0 Å². The molecule has 0 bridgehead atoms. The van der Waals surface area contributed by atoms with Gasteiger partial charge in [-0.3, -0.25) is 9.36 Å². The third kappa shape index (κ3) is 4.49. The fraction of sp³-hybridized carbons (Fsp3) is 0.389. The quantitative estimate of drug-likeness (QED) is 0.507. The van der Waals surface area contributed by atoms with E-state index in [-0.39, 0.29) is 20.1 Å². The third-order valence-electron chi connectivity index (χ3n) is 3.90. The molecule has 2 N–H and O–H groups in total. The summed E-state index contributed by atoms with van der Waals surface area (Å²) >= 11 is 1.36. The van der Waals surface area contributed by atoms with Gasteiger partial charge < -0.3 is 10.2 Å². The van der Waals surface area contributed by atoms with Crippen molar-refractivity contribution >= 4 is 37.0 Å². The second-order valence-corrected chi connectivity index (χ2v) is 8.10. The van der Waals surface area contributed by atoms with Crippen molar-refractivity contribution < 1.29 is 19.6 Å². The van der Waals surface area contributed by atoms with E-state index in [0.29, 0.717) is 17.1 Å². The van der Waals surface area contributed by atoms with Gasteiger partial charge in [-0.2, -0.15) is 0 Å². The molecular weight excluding hydrogens is 343 g/mol. The summed E-state index contributed by atoms with van der Waals surface area (Å²) in [7, 11) is -0.170. The second-order valence-electron chi connectivity index (χ2n) is 6.19. The number of hydrogen-bond acceptors (Lipinski definition) is 4. The molecule has 128 valence electrons. The maximum Gasteiger partial charge on any atom is 0.307 e. The molecule has 24 heavy (non-hydrogen) atoms. The molecule has 0 heterocycles. The van der Waals surface area contributed by atoms with Crippen molar-refractivity contribution in [1.29, 1.82) is 0 Å². The topological polar surface area (TPSA) is 74.6 Å². The van der Waals surface area contributed by atoms with Crippen molar-refractivity contribution in [3.05, 3.63) is 36.4 Å². The van der Waals surface area contributed by atoms with Gasteiger partial charge in [0.05, 0.1) is 16.5 Å². The van der Waals surface area contributed by atoms with Crippen LogP contribution in [0.25, 0.3) is 10.8 Å². The lowest BCUT2D eigenvalue weighted by atomic mass is 9.94. The number of hydrogen-bond donors (Lipinski definition) is 2. The molecule has 0 fully saturated rings. The number of phenolic OH excluding ortho intramolecular Hbond substituents is 1. The highest BCUT2D eigenvalue weighted by Crippen LogP contribution is 2.38. The van der Waals surface area contributed by atoms with Crippen molar-refractivity contribution in [3.8, 4) is 5.75 Å². The van der Waals surface area contributed by atoms with Crippen LogP contribution in [0.3, 0.4) is 0 Å². The first-order valence-corrected chi connectivity index (χ1v) is 9.69. The fourth-order valence-electron chi connectivity index (χ4n) is 2.70. The fourth-order valence-corrected chi connectivity index (χ4v) is 4.69. The van der Waals surface area contributed by atoms with Gasteiger partial charge in [-0.25, -0.2) is 0 Å². The first-order valence-electron chi connectivity index (χ1n) is 7.82. The first kappa shape index (κ1) is 18.8. The summed E-state index contributed by atoms with van der Waals surface area (Å²) in [5.41, 5.74) is -0.492. The van der Waals surface area contributed by atoms with Crippen LogP contribution >= 0.6 is 20.2 Å². The van der Waals surface area contributed by atoms with E-state index in [9.17, 15) is 19.6 Å². The Kier molecular flexibility index (Phi) is 6.64. The Morgan fingerprint density at radius 3 is 2.54 bits per heavy atom. The zero-order valence-electron chi connectivity index (χ0n) is 13.7. The number of carboxylic acid groups (broad SMARTS) is 1. The van der Waals surface area contributed by atoms with Crippen LogP contribution in [0.4, 0.5) is 0 Å². The molecule has 2 unspecified atom stereocenters. The van der Waals surface area contributed by atoms with Gasteiger partial charge in [0.15, 0.2) is 8.46 Å². The van der Waals surface area contributed by atoms with Crippen LogP contribution in [0.15, 0.2) is 41.3 Å². The Morgan fingerprint density at radius 2 is 1.92 bits per heavy atom. The largest absolute Gasteiger partial charge is 0.507 e. The number of fused-ring (bicyclic) bond motifs is 1. The Bertz CT molecular complexity index is 732. The monoisotopic (exact) mass is 364 g/mol. The summed E-state index contributed by atoms with van der Waals surface area (Å²) in [4.78, 5) is 12.2. The van der Waals surface area contributed by atoms with Crippen molar-refractivity contribution in [1.82, 2.24) is 0 Å². The predicted molar refractivity (Wildman–Crippen MR) is 98.3 cm³/mol. The molecule has 0 saturated carbocycles. The van der Waals surface area contributed by atoms with E-state index in [4.69, 9.17) is 0 Å². The molecule has 6 heteroatoms. The van der Waals surface area contributed by atoms with E-state index in [1.807, 2.05) is 44.2 Å². The van der Waals surface area contributed by atoms with Crippen LogP contribution in [0.5, 0.6) is 5.75 Å². The highest BCUT2D eigenvalue weighted by molar-refractivity contribution is 7.99. The van der Waals surface area contributed by atoms with Crippen LogP contribution in [-0.2, 0) is 9.36 Å². The van der Waals surface area contributed by atoms with Gasteiger partial charge in [-0.1, -0.05) is 44.2 Å². The third-order valence-corrected chi connectivity index (χ3v) is 6.20. The van der Waals surface area contributed by atoms with Gasteiger partial charge in [-0.15, -0.1) is 11.8 Å². The summed E-state index contributed by atoms with van der Waals surface area (Å²) in [6.45, 7) is 3.91. The maximum absolute atomic E-state index is 11.6. The summed E-state index contributed by atoms with van der Waals surface area (Å²) in [5, 5.41) is 21.5. The Balaban J connectivity index is 2.23.